The summed E-state index contributed by atoms with van der Waals surface area (Å²) in [5.74, 6) is 1.46. The summed E-state index contributed by atoms with van der Waals surface area (Å²) in [5.41, 5.74) is 2.95. The second kappa shape index (κ2) is 6.34. The van der Waals surface area contributed by atoms with Gasteiger partial charge in [0.2, 0.25) is 0 Å². The molecule has 0 nitrogen and oxygen atoms in total. The zero-order valence-electron chi connectivity index (χ0n) is 8.26. The van der Waals surface area contributed by atoms with Crippen LogP contribution in [0.1, 0.15) is 19.8 Å². The minimum Gasteiger partial charge on any atom is -1.00 e. The van der Waals surface area contributed by atoms with Crippen molar-refractivity contribution in [3.63, 3.8) is 0 Å². The van der Waals surface area contributed by atoms with Crippen molar-refractivity contribution >= 4 is 0 Å². The molecule has 0 amide bonds. The van der Waals surface area contributed by atoms with Crippen LogP contribution in [0.2, 0.25) is 0 Å². The van der Waals surface area contributed by atoms with Crippen molar-refractivity contribution in [2.45, 2.75) is 19.8 Å². The molecule has 0 N–H and O–H groups in total. The van der Waals surface area contributed by atoms with Crippen LogP contribution < -0.4 is 12.4 Å². The topological polar surface area (TPSA) is 0 Å². The van der Waals surface area contributed by atoms with E-state index >= 15 is 0 Å². The fraction of sp³-hybridized carbons (Fsp3) is 0.250. The van der Waals surface area contributed by atoms with Crippen LogP contribution in [0.4, 0.5) is 0 Å². The molecule has 2 aliphatic rings. The van der Waals surface area contributed by atoms with Crippen LogP contribution in [0.15, 0.2) is 47.6 Å². The maximum atomic E-state index is 2.22. The van der Waals surface area contributed by atoms with Crippen molar-refractivity contribution in [2.75, 3.05) is 0 Å². The molecule has 0 fully saturated rings. The van der Waals surface area contributed by atoms with Crippen molar-refractivity contribution in [3.8, 4) is 0 Å². The molecule has 0 saturated heterocycles. The first-order valence-electron chi connectivity index (χ1n) is 4.43. The first kappa shape index (κ1) is 13.8. The van der Waals surface area contributed by atoms with Crippen LogP contribution in [0.25, 0.3) is 0 Å². The van der Waals surface area contributed by atoms with E-state index in [0.717, 1.165) is 12.8 Å². The molecule has 0 bridgehead atoms. The summed E-state index contributed by atoms with van der Waals surface area (Å²) < 4.78 is 0. The smallest absolute Gasteiger partial charge is 1.00 e. The summed E-state index contributed by atoms with van der Waals surface area (Å²) in [7, 11) is 0. The van der Waals surface area contributed by atoms with Crippen molar-refractivity contribution in [3.05, 3.63) is 53.5 Å². The van der Waals surface area contributed by atoms with Crippen LogP contribution in [0.3, 0.4) is 0 Å². The predicted octanol–water partition coefficient (Wildman–Crippen LogP) is 0.355. The first-order chi connectivity index (χ1) is 5.88. The van der Waals surface area contributed by atoms with E-state index in [1.165, 1.54) is 17.1 Å². The van der Waals surface area contributed by atoms with E-state index < -0.39 is 0 Å². The number of halogens is 1. The second-order valence-electron chi connectivity index (χ2n) is 3.27. The number of rotatable bonds is 2. The molecule has 0 heterocycles. The standard InChI is InChI=1S/C12H13.ClH.Ti/c1-10(11-6-2-3-7-11)12-8-4-5-9-12;;/h2-6,8H,7,9H2,1H3;1H;/q-1;;+2/p-1. The molecule has 0 unspecified atom stereocenters. The maximum absolute atomic E-state index is 2.22. The van der Waals surface area contributed by atoms with Gasteiger partial charge in [0.15, 0.2) is 0 Å². The molecule has 2 rings (SSSR count). The summed E-state index contributed by atoms with van der Waals surface area (Å²) in [5, 5.41) is 0. The average molecular weight is 241 g/mol. The van der Waals surface area contributed by atoms with Crippen molar-refractivity contribution < 1.29 is 34.1 Å². The third-order valence-electron chi connectivity index (χ3n) is 2.51. The zero-order chi connectivity index (χ0) is 8.39. The molecule has 14 heavy (non-hydrogen) atoms. The van der Waals surface area contributed by atoms with Crippen LogP contribution in [-0.4, -0.2) is 0 Å². The van der Waals surface area contributed by atoms with Gasteiger partial charge in [0, 0.05) is 0 Å². The van der Waals surface area contributed by atoms with Crippen LogP contribution >= 0.6 is 0 Å². The number of hydrogen-bond donors (Lipinski definition) is 0. The first-order valence-corrected chi connectivity index (χ1v) is 4.43. The van der Waals surface area contributed by atoms with E-state index in [1.807, 2.05) is 0 Å². The monoisotopic (exact) mass is 240 g/mol. The van der Waals surface area contributed by atoms with E-state index in [4.69, 9.17) is 0 Å². The molecule has 0 aromatic rings. The van der Waals surface area contributed by atoms with Gasteiger partial charge in [-0.3, -0.25) is 0 Å². The Hall–Kier alpha value is -0.166. The molecule has 72 valence electrons. The largest absolute Gasteiger partial charge is 2.00 e. The van der Waals surface area contributed by atoms with Gasteiger partial charge in [-0.05, 0) is 12.8 Å². The van der Waals surface area contributed by atoms with Gasteiger partial charge in [-0.2, -0.15) is 18.1 Å². The fourth-order valence-electron chi connectivity index (χ4n) is 1.66. The van der Waals surface area contributed by atoms with Gasteiger partial charge in [-0.15, -0.1) is 23.3 Å². The Morgan fingerprint density at radius 3 is 1.71 bits per heavy atom. The van der Waals surface area contributed by atoms with Gasteiger partial charge in [-0.1, -0.05) is 19.1 Å². The van der Waals surface area contributed by atoms with Crippen LogP contribution in [0, 0.1) is 5.92 Å². The Labute approximate surface area is 107 Å². The minimum absolute atomic E-state index is 0. The Morgan fingerprint density at radius 1 is 1.00 bits per heavy atom. The Balaban J connectivity index is 0.000000845. The molecule has 2 aliphatic carbocycles. The third-order valence-corrected chi connectivity index (χ3v) is 2.51. The van der Waals surface area contributed by atoms with Crippen molar-refractivity contribution in [1.82, 2.24) is 0 Å². The van der Waals surface area contributed by atoms with Crippen LogP contribution in [0.5, 0.6) is 0 Å². The average Bonchev–Trinajstić information content (AvgIpc) is 2.77. The Bertz CT molecular complexity index is 267. The van der Waals surface area contributed by atoms with Crippen LogP contribution in [-0.2, 0) is 21.7 Å². The van der Waals surface area contributed by atoms with Gasteiger partial charge >= 0.3 is 21.7 Å². The Morgan fingerprint density at radius 2 is 1.43 bits per heavy atom. The zero-order valence-corrected chi connectivity index (χ0v) is 10.6. The maximum Gasteiger partial charge on any atom is 2.00 e. The molecule has 0 saturated carbocycles. The van der Waals surface area contributed by atoms with E-state index in [9.17, 15) is 0 Å². The molecule has 0 spiro atoms. The fourth-order valence-corrected chi connectivity index (χ4v) is 1.66. The predicted molar refractivity (Wildman–Crippen MR) is 52.6 cm³/mol. The molecular formula is C12H13ClTi. The quantitative estimate of drug-likeness (QED) is 0.483. The van der Waals surface area contributed by atoms with Gasteiger partial charge in [0.05, 0.1) is 0 Å². The van der Waals surface area contributed by atoms with Gasteiger partial charge in [0.1, 0.15) is 0 Å². The van der Waals surface area contributed by atoms with Gasteiger partial charge in [0.25, 0.3) is 0 Å². The molecule has 0 aromatic carbocycles. The van der Waals surface area contributed by atoms with E-state index in [1.54, 1.807) is 0 Å². The van der Waals surface area contributed by atoms with Crippen molar-refractivity contribution in [1.29, 1.82) is 0 Å². The molecule has 0 aromatic heterocycles. The van der Waals surface area contributed by atoms with Gasteiger partial charge in [-0.25, -0.2) is 0 Å². The third kappa shape index (κ3) is 2.91. The summed E-state index contributed by atoms with van der Waals surface area (Å²) in [4.78, 5) is 0. The summed E-state index contributed by atoms with van der Waals surface area (Å²) in [6.45, 7) is 2.22. The van der Waals surface area contributed by atoms with Gasteiger partial charge < -0.3 is 12.4 Å². The van der Waals surface area contributed by atoms with E-state index in [0.29, 0.717) is 0 Å². The molecule has 0 radical (unpaired) electrons. The molecule has 0 atom stereocenters. The van der Waals surface area contributed by atoms with E-state index in [-0.39, 0.29) is 34.1 Å². The number of hydrogen-bond acceptors (Lipinski definition) is 0. The normalized spacial score (nSPS) is 16.9. The van der Waals surface area contributed by atoms with Crippen molar-refractivity contribution in [2.24, 2.45) is 0 Å². The molecular weight excluding hydrogens is 227 g/mol. The second-order valence-corrected chi connectivity index (χ2v) is 3.27. The Kier molecular flexibility index (Phi) is 6.27. The minimum atomic E-state index is 0. The SMILES string of the molecule is C[C-](C1=CC=CC1)C1=CC=CC1.[Cl-].[Ti+2]. The molecule has 0 aliphatic heterocycles. The number of allylic oxidation sites excluding steroid dienone is 8. The summed E-state index contributed by atoms with van der Waals surface area (Å²) in [6.07, 6.45) is 15.4. The van der Waals surface area contributed by atoms with E-state index in [2.05, 4.69) is 43.4 Å². The molecule has 2 heteroatoms. The summed E-state index contributed by atoms with van der Waals surface area (Å²) in [6, 6.07) is 0. The summed E-state index contributed by atoms with van der Waals surface area (Å²) >= 11 is 0.